The Labute approximate surface area is 162 Å². The van der Waals surface area contributed by atoms with Gasteiger partial charge in [0.1, 0.15) is 17.9 Å². The number of halogens is 1. The fourth-order valence-corrected chi connectivity index (χ4v) is 2.32. The monoisotopic (exact) mass is 393 g/mol. The van der Waals surface area contributed by atoms with Gasteiger partial charge in [-0.2, -0.15) is 0 Å². The molecule has 0 fully saturated rings. The molecule has 0 aliphatic carbocycles. The Balaban J connectivity index is 2.81. The van der Waals surface area contributed by atoms with Crippen molar-refractivity contribution in [1.29, 1.82) is 0 Å². The fourth-order valence-electron chi connectivity index (χ4n) is 2.32. The van der Waals surface area contributed by atoms with Crippen LogP contribution in [0.15, 0.2) is 36.4 Å². The van der Waals surface area contributed by atoms with Crippen LogP contribution in [0.25, 0.3) is 0 Å². The summed E-state index contributed by atoms with van der Waals surface area (Å²) in [7, 11) is 0. The lowest BCUT2D eigenvalue weighted by Gasteiger charge is -2.21. The highest BCUT2D eigenvalue weighted by molar-refractivity contribution is 5.91. The van der Waals surface area contributed by atoms with E-state index in [9.17, 15) is 23.6 Å². The van der Waals surface area contributed by atoms with Crippen molar-refractivity contribution < 1.29 is 28.3 Å². The van der Waals surface area contributed by atoms with E-state index in [0.717, 1.165) is 6.08 Å². The second-order valence-electron chi connectivity index (χ2n) is 5.94. The van der Waals surface area contributed by atoms with Crippen molar-refractivity contribution in [3.8, 4) is 0 Å². The Morgan fingerprint density at radius 3 is 2.32 bits per heavy atom. The molecular weight excluding hydrogens is 369 g/mol. The summed E-state index contributed by atoms with van der Waals surface area (Å²) in [4.78, 5) is 46.9. The number of benzene rings is 1. The van der Waals surface area contributed by atoms with Crippen molar-refractivity contribution in [2.24, 2.45) is 5.73 Å². The number of rotatable bonds is 10. The molecule has 0 saturated heterocycles. The third-order valence-electron chi connectivity index (χ3n) is 3.62. The van der Waals surface area contributed by atoms with Crippen LogP contribution >= 0.6 is 0 Å². The van der Waals surface area contributed by atoms with Crippen LogP contribution in [0, 0.1) is 5.82 Å². The zero-order valence-electron chi connectivity index (χ0n) is 15.7. The number of hydrogen-bond acceptors (Lipinski definition) is 5. The lowest BCUT2D eigenvalue weighted by atomic mass is 10.0. The van der Waals surface area contributed by atoms with E-state index in [4.69, 9.17) is 10.5 Å². The zero-order valence-corrected chi connectivity index (χ0v) is 15.7. The predicted molar refractivity (Wildman–Crippen MR) is 99.2 cm³/mol. The number of nitrogens with one attached hydrogen (secondary N) is 2. The van der Waals surface area contributed by atoms with Gasteiger partial charge in [0.05, 0.1) is 6.61 Å². The standard InChI is InChI=1S/C19H24FN3O5/c1-3-28-17(25)6-4-5-15(18(21)26)23-19(27)16(22-12(2)24)11-13-7-9-14(20)10-8-13/h4,6-10,15-16H,3,5,11H2,1-2H3,(H2,21,26)(H,22,24)(H,23,27)/b6-4+/t15-,16+/m1/s1. The summed E-state index contributed by atoms with van der Waals surface area (Å²) < 4.78 is 17.8. The molecular formula is C19H24FN3O5. The molecule has 4 N–H and O–H groups in total. The molecule has 1 rings (SSSR count). The third kappa shape index (κ3) is 8.43. The molecule has 1 aromatic rings. The average molecular weight is 393 g/mol. The molecule has 0 unspecified atom stereocenters. The lowest BCUT2D eigenvalue weighted by molar-refractivity contribution is -0.137. The summed E-state index contributed by atoms with van der Waals surface area (Å²) in [6, 6.07) is 3.40. The number of ether oxygens (including phenoxy) is 1. The first kappa shape index (κ1) is 22.8. The van der Waals surface area contributed by atoms with Crippen molar-refractivity contribution in [2.45, 2.75) is 38.8 Å². The first-order valence-corrected chi connectivity index (χ1v) is 8.67. The highest BCUT2D eigenvalue weighted by Crippen LogP contribution is 2.07. The van der Waals surface area contributed by atoms with E-state index in [1.54, 1.807) is 6.92 Å². The number of hydrogen-bond donors (Lipinski definition) is 3. The summed E-state index contributed by atoms with van der Waals surface area (Å²) in [5, 5.41) is 4.94. The van der Waals surface area contributed by atoms with Gasteiger partial charge in [-0.1, -0.05) is 18.2 Å². The quantitative estimate of drug-likeness (QED) is 0.390. The van der Waals surface area contributed by atoms with Crippen LogP contribution in [0.3, 0.4) is 0 Å². The van der Waals surface area contributed by atoms with Crippen LogP contribution in [0.1, 0.15) is 25.8 Å². The Bertz CT molecular complexity index is 734. The molecule has 1 aromatic carbocycles. The van der Waals surface area contributed by atoms with E-state index in [1.165, 1.54) is 37.3 Å². The van der Waals surface area contributed by atoms with E-state index >= 15 is 0 Å². The second kappa shape index (κ2) is 11.5. The van der Waals surface area contributed by atoms with E-state index in [1.807, 2.05) is 0 Å². The van der Waals surface area contributed by atoms with E-state index in [-0.39, 0.29) is 19.4 Å². The highest BCUT2D eigenvalue weighted by Gasteiger charge is 2.24. The summed E-state index contributed by atoms with van der Waals surface area (Å²) in [5.74, 6) is -2.88. The molecule has 0 aliphatic rings. The average Bonchev–Trinajstić information content (AvgIpc) is 2.61. The minimum atomic E-state index is -1.08. The van der Waals surface area contributed by atoms with Crippen molar-refractivity contribution in [2.75, 3.05) is 6.61 Å². The van der Waals surface area contributed by atoms with Gasteiger partial charge in [-0.05, 0) is 31.0 Å². The maximum atomic E-state index is 13.0. The number of esters is 1. The molecule has 28 heavy (non-hydrogen) atoms. The SMILES string of the molecule is CCOC(=O)/C=C/C[C@@H](NC(=O)[C@H](Cc1ccc(F)cc1)NC(C)=O)C(N)=O. The topological polar surface area (TPSA) is 128 Å². The Hall–Kier alpha value is -3.23. The molecule has 0 aliphatic heterocycles. The first-order chi connectivity index (χ1) is 13.2. The van der Waals surface area contributed by atoms with Crippen LogP contribution in [0.2, 0.25) is 0 Å². The van der Waals surface area contributed by atoms with Crippen molar-refractivity contribution in [1.82, 2.24) is 10.6 Å². The maximum Gasteiger partial charge on any atom is 0.330 e. The van der Waals surface area contributed by atoms with Crippen LogP contribution in [0.4, 0.5) is 4.39 Å². The summed E-state index contributed by atoms with van der Waals surface area (Å²) >= 11 is 0. The Morgan fingerprint density at radius 2 is 1.79 bits per heavy atom. The first-order valence-electron chi connectivity index (χ1n) is 8.67. The normalized spacial score (nSPS) is 12.8. The molecule has 0 heterocycles. The number of amides is 3. The van der Waals surface area contributed by atoms with Gasteiger partial charge in [-0.25, -0.2) is 9.18 Å². The van der Waals surface area contributed by atoms with Crippen LogP contribution in [0.5, 0.6) is 0 Å². The summed E-state index contributed by atoms with van der Waals surface area (Å²) in [6.45, 7) is 3.11. The summed E-state index contributed by atoms with van der Waals surface area (Å²) in [6.07, 6.45) is 2.57. The van der Waals surface area contributed by atoms with E-state index < -0.39 is 41.6 Å². The molecule has 8 nitrogen and oxygen atoms in total. The van der Waals surface area contributed by atoms with Crippen molar-refractivity contribution in [3.63, 3.8) is 0 Å². The predicted octanol–water partition coefficient (Wildman–Crippen LogP) is 0.352. The van der Waals surface area contributed by atoms with Gasteiger partial charge in [-0.15, -0.1) is 0 Å². The van der Waals surface area contributed by atoms with Crippen molar-refractivity contribution in [3.05, 3.63) is 47.8 Å². The highest BCUT2D eigenvalue weighted by atomic mass is 19.1. The molecule has 0 saturated carbocycles. The number of primary amides is 1. The number of carbonyl (C=O) groups is 4. The lowest BCUT2D eigenvalue weighted by Crippen LogP contribution is -2.53. The summed E-state index contributed by atoms with van der Waals surface area (Å²) in [5.41, 5.74) is 5.92. The second-order valence-corrected chi connectivity index (χ2v) is 5.94. The third-order valence-corrected chi connectivity index (χ3v) is 3.62. The molecule has 0 radical (unpaired) electrons. The van der Waals surface area contributed by atoms with Crippen LogP contribution < -0.4 is 16.4 Å². The van der Waals surface area contributed by atoms with Crippen LogP contribution in [-0.2, 0) is 30.3 Å². The zero-order chi connectivity index (χ0) is 21.1. The minimum absolute atomic E-state index is 0.0246. The van der Waals surface area contributed by atoms with Gasteiger partial charge in [0.2, 0.25) is 17.7 Å². The van der Waals surface area contributed by atoms with E-state index in [0.29, 0.717) is 5.56 Å². The Morgan fingerprint density at radius 1 is 1.14 bits per heavy atom. The van der Waals surface area contributed by atoms with Gasteiger partial charge >= 0.3 is 5.97 Å². The maximum absolute atomic E-state index is 13.0. The van der Waals surface area contributed by atoms with Gasteiger partial charge in [0.15, 0.2) is 0 Å². The largest absolute Gasteiger partial charge is 0.463 e. The fraction of sp³-hybridized carbons (Fsp3) is 0.368. The smallest absolute Gasteiger partial charge is 0.330 e. The Kier molecular flexibility index (Phi) is 9.35. The molecule has 0 bridgehead atoms. The molecule has 0 aromatic heterocycles. The molecule has 3 amide bonds. The minimum Gasteiger partial charge on any atom is -0.463 e. The number of carbonyl (C=O) groups excluding carboxylic acids is 4. The molecule has 152 valence electrons. The van der Waals surface area contributed by atoms with E-state index in [2.05, 4.69) is 10.6 Å². The van der Waals surface area contributed by atoms with Gasteiger partial charge in [0, 0.05) is 19.4 Å². The number of nitrogens with two attached hydrogens (primary N) is 1. The van der Waals surface area contributed by atoms with Gasteiger partial charge in [-0.3, -0.25) is 14.4 Å². The van der Waals surface area contributed by atoms with Gasteiger partial charge in [0.25, 0.3) is 0 Å². The molecule has 2 atom stereocenters. The van der Waals surface area contributed by atoms with Crippen molar-refractivity contribution >= 4 is 23.7 Å². The molecule has 0 spiro atoms. The van der Waals surface area contributed by atoms with Gasteiger partial charge < -0.3 is 21.1 Å². The molecule has 9 heteroatoms. The van der Waals surface area contributed by atoms with Crippen LogP contribution in [-0.4, -0.2) is 42.4 Å².